The number of piperidine rings is 1. The molecule has 2 aliphatic heterocycles. The van der Waals surface area contributed by atoms with Crippen molar-refractivity contribution >= 4 is 17.3 Å². The lowest BCUT2D eigenvalue weighted by Crippen LogP contribution is -2.44. The van der Waals surface area contributed by atoms with E-state index in [2.05, 4.69) is 34.2 Å². The molecule has 2 N–H and O–H groups in total. The molecule has 1 aromatic rings. The Morgan fingerprint density at radius 1 is 1.20 bits per heavy atom. The van der Waals surface area contributed by atoms with Crippen LogP contribution >= 0.6 is 0 Å². The van der Waals surface area contributed by atoms with Gasteiger partial charge < -0.3 is 15.3 Å². The molecule has 1 aromatic carbocycles. The number of aryl methyl sites for hydroxylation is 1. The summed E-state index contributed by atoms with van der Waals surface area (Å²) in [6.45, 7) is 5.88. The highest BCUT2D eigenvalue weighted by atomic mass is 16.3. The Bertz CT molecular complexity index is 582. The number of hydrogen-bond donors (Lipinski definition) is 2. The molecule has 2 saturated heterocycles. The highest BCUT2D eigenvalue weighted by Crippen LogP contribution is 2.26. The number of amides is 1. The van der Waals surface area contributed by atoms with Crippen LogP contribution in [0.3, 0.4) is 0 Å². The largest absolute Gasteiger partial charge is 0.396 e. The van der Waals surface area contributed by atoms with Crippen molar-refractivity contribution in [1.82, 2.24) is 4.90 Å². The molecule has 5 nitrogen and oxygen atoms in total. The topological polar surface area (TPSA) is 55.8 Å². The zero-order valence-electron chi connectivity index (χ0n) is 15.3. The second-order valence-electron chi connectivity index (χ2n) is 7.37. The van der Waals surface area contributed by atoms with Crippen molar-refractivity contribution in [1.29, 1.82) is 0 Å². The molecule has 0 radical (unpaired) electrons. The zero-order chi connectivity index (χ0) is 17.6. The molecule has 0 spiro atoms. The van der Waals surface area contributed by atoms with E-state index in [-0.39, 0.29) is 12.5 Å². The van der Waals surface area contributed by atoms with Crippen molar-refractivity contribution in [2.75, 3.05) is 43.0 Å². The molecule has 2 heterocycles. The number of rotatable bonds is 6. The minimum atomic E-state index is 0.0434. The lowest BCUT2D eigenvalue weighted by atomic mass is 9.99. The molecule has 0 aliphatic carbocycles. The lowest BCUT2D eigenvalue weighted by Gasteiger charge is -2.34. The molecule has 1 atom stereocenters. The summed E-state index contributed by atoms with van der Waals surface area (Å²) in [5.41, 5.74) is 3.28. The molecule has 3 rings (SSSR count). The van der Waals surface area contributed by atoms with E-state index in [4.69, 9.17) is 0 Å². The van der Waals surface area contributed by atoms with Gasteiger partial charge in [0.1, 0.15) is 0 Å². The van der Waals surface area contributed by atoms with Gasteiger partial charge in [0, 0.05) is 37.1 Å². The summed E-state index contributed by atoms with van der Waals surface area (Å²) in [5, 5.41) is 12.3. The van der Waals surface area contributed by atoms with Gasteiger partial charge in [-0.1, -0.05) is 6.42 Å². The van der Waals surface area contributed by atoms with Crippen LogP contribution in [-0.4, -0.2) is 54.7 Å². The third-order valence-electron chi connectivity index (χ3n) is 5.51. The highest BCUT2D eigenvalue weighted by Gasteiger charge is 2.24. The first-order chi connectivity index (χ1) is 12.2. The predicted molar refractivity (Wildman–Crippen MR) is 102 cm³/mol. The van der Waals surface area contributed by atoms with Crippen LogP contribution in [0.15, 0.2) is 18.2 Å². The molecule has 0 aromatic heterocycles. The maximum atomic E-state index is 12.5. The van der Waals surface area contributed by atoms with Crippen LogP contribution in [0.5, 0.6) is 0 Å². The van der Waals surface area contributed by atoms with Crippen molar-refractivity contribution in [3.8, 4) is 0 Å². The quantitative estimate of drug-likeness (QED) is 0.832. The third kappa shape index (κ3) is 4.73. The highest BCUT2D eigenvalue weighted by molar-refractivity contribution is 5.93. The van der Waals surface area contributed by atoms with E-state index in [1.165, 1.54) is 24.9 Å². The number of benzene rings is 1. The Morgan fingerprint density at radius 2 is 1.96 bits per heavy atom. The Morgan fingerprint density at radius 3 is 2.68 bits per heavy atom. The van der Waals surface area contributed by atoms with Crippen molar-refractivity contribution in [3.05, 3.63) is 23.8 Å². The van der Waals surface area contributed by atoms with E-state index in [0.29, 0.717) is 12.6 Å². The first-order valence-corrected chi connectivity index (χ1v) is 9.68. The molecular weight excluding hydrogens is 314 g/mol. The Kier molecular flexibility index (Phi) is 6.32. The van der Waals surface area contributed by atoms with E-state index in [0.717, 1.165) is 50.1 Å². The summed E-state index contributed by atoms with van der Waals surface area (Å²) < 4.78 is 0. The molecule has 138 valence electrons. The van der Waals surface area contributed by atoms with Crippen molar-refractivity contribution < 1.29 is 9.90 Å². The van der Waals surface area contributed by atoms with Crippen molar-refractivity contribution in [3.63, 3.8) is 0 Å². The van der Waals surface area contributed by atoms with Gasteiger partial charge in [0.2, 0.25) is 5.91 Å². The van der Waals surface area contributed by atoms with Gasteiger partial charge in [0.05, 0.1) is 6.54 Å². The van der Waals surface area contributed by atoms with Gasteiger partial charge in [-0.25, -0.2) is 0 Å². The summed E-state index contributed by atoms with van der Waals surface area (Å²) in [5.74, 6) is 0.0434. The predicted octanol–water partition coefficient (Wildman–Crippen LogP) is 2.77. The van der Waals surface area contributed by atoms with Gasteiger partial charge in [0.15, 0.2) is 0 Å². The molecule has 2 fully saturated rings. The number of likely N-dealkylation sites (tertiary alicyclic amines) is 1. The van der Waals surface area contributed by atoms with Gasteiger partial charge in [-0.3, -0.25) is 9.69 Å². The zero-order valence-corrected chi connectivity index (χ0v) is 15.3. The SMILES string of the molecule is Cc1cc(N2CCCC2)ccc1NC(=O)CN1CCCCC1CCO. The molecule has 25 heavy (non-hydrogen) atoms. The normalized spacial score (nSPS) is 21.5. The third-order valence-corrected chi connectivity index (χ3v) is 5.51. The molecule has 5 heteroatoms. The summed E-state index contributed by atoms with van der Waals surface area (Å²) in [4.78, 5) is 17.1. The second-order valence-corrected chi connectivity index (χ2v) is 7.37. The molecule has 2 aliphatic rings. The van der Waals surface area contributed by atoms with E-state index >= 15 is 0 Å². The van der Waals surface area contributed by atoms with Gasteiger partial charge in [-0.15, -0.1) is 0 Å². The maximum absolute atomic E-state index is 12.5. The minimum Gasteiger partial charge on any atom is -0.396 e. The van der Waals surface area contributed by atoms with Gasteiger partial charge in [-0.05, 0) is 69.3 Å². The Labute approximate surface area is 151 Å². The van der Waals surface area contributed by atoms with Crippen LogP contribution < -0.4 is 10.2 Å². The number of carbonyl (C=O) groups is 1. The molecular formula is C20H31N3O2. The lowest BCUT2D eigenvalue weighted by molar-refractivity contribution is -0.118. The number of carbonyl (C=O) groups excluding carboxylic acids is 1. The molecule has 0 saturated carbocycles. The smallest absolute Gasteiger partial charge is 0.238 e. The number of nitrogens with zero attached hydrogens (tertiary/aromatic N) is 2. The first kappa shape index (κ1) is 18.2. The Hall–Kier alpha value is -1.59. The van der Waals surface area contributed by atoms with E-state index < -0.39 is 0 Å². The van der Waals surface area contributed by atoms with Gasteiger partial charge in [-0.2, -0.15) is 0 Å². The van der Waals surface area contributed by atoms with E-state index in [1.807, 2.05) is 6.07 Å². The number of aliphatic hydroxyl groups excluding tert-OH is 1. The monoisotopic (exact) mass is 345 g/mol. The average molecular weight is 345 g/mol. The summed E-state index contributed by atoms with van der Waals surface area (Å²) >= 11 is 0. The van der Waals surface area contributed by atoms with E-state index in [1.54, 1.807) is 0 Å². The van der Waals surface area contributed by atoms with Gasteiger partial charge in [0.25, 0.3) is 0 Å². The molecule has 1 unspecified atom stereocenters. The molecule has 1 amide bonds. The fourth-order valence-electron chi connectivity index (χ4n) is 4.08. The van der Waals surface area contributed by atoms with Crippen LogP contribution in [0.4, 0.5) is 11.4 Å². The van der Waals surface area contributed by atoms with Crippen LogP contribution in [0.25, 0.3) is 0 Å². The van der Waals surface area contributed by atoms with Crippen molar-refractivity contribution in [2.45, 2.75) is 51.5 Å². The van der Waals surface area contributed by atoms with Crippen LogP contribution in [-0.2, 0) is 4.79 Å². The first-order valence-electron chi connectivity index (χ1n) is 9.68. The minimum absolute atomic E-state index is 0.0434. The summed E-state index contributed by atoms with van der Waals surface area (Å²) in [6, 6.07) is 6.66. The summed E-state index contributed by atoms with van der Waals surface area (Å²) in [7, 11) is 0. The van der Waals surface area contributed by atoms with Crippen LogP contribution in [0, 0.1) is 6.92 Å². The van der Waals surface area contributed by atoms with Crippen LogP contribution in [0.2, 0.25) is 0 Å². The average Bonchev–Trinajstić information content (AvgIpc) is 3.13. The number of anilines is 2. The van der Waals surface area contributed by atoms with Gasteiger partial charge >= 0.3 is 0 Å². The van der Waals surface area contributed by atoms with E-state index in [9.17, 15) is 9.90 Å². The Balaban J connectivity index is 1.58. The summed E-state index contributed by atoms with van der Waals surface area (Å²) in [6.07, 6.45) is 6.71. The fourth-order valence-corrected chi connectivity index (χ4v) is 4.08. The number of nitrogens with one attached hydrogen (secondary N) is 1. The molecule has 0 bridgehead atoms. The number of aliphatic hydroxyl groups is 1. The van der Waals surface area contributed by atoms with Crippen LogP contribution in [0.1, 0.15) is 44.1 Å². The fraction of sp³-hybridized carbons (Fsp3) is 0.650. The van der Waals surface area contributed by atoms with Crippen molar-refractivity contribution in [2.24, 2.45) is 0 Å². The number of hydrogen-bond acceptors (Lipinski definition) is 4. The standard InChI is InChI=1S/C20H31N3O2/c1-16-14-18(22-10-4-5-11-22)7-8-19(16)21-20(25)15-23-12-3-2-6-17(23)9-13-24/h7-8,14,17,24H,2-6,9-13,15H2,1H3,(H,21,25). The second kappa shape index (κ2) is 8.68. The maximum Gasteiger partial charge on any atom is 0.238 e.